The number of rotatable bonds is 4. The number of amides is 2. The molecule has 5 nitrogen and oxygen atoms in total. The number of carboxylic acid groups (broad SMARTS) is 1. The van der Waals surface area contributed by atoms with E-state index in [4.69, 9.17) is 5.11 Å². The van der Waals surface area contributed by atoms with E-state index < -0.39 is 12.0 Å². The first-order valence-corrected chi connectivity index (χ1v) is 7.19. The summed E-state index contributed by atoms with van der Waals surface area (Å²) in [6.07, 6.45) is 6.79. The van der Waals surface area contributed by atoms with E-state index in [-0.39, 0.29) is 18.0 Å². The van der Waals surface area contributed by atoms with Crippen molar-refractivity contribution in [3.63, 3.8) is 0 Å². The third-order valence-corrected chi connectivity index (χ3v) is 3.90. The summed E-state index contributed by atoms with van der Waals surface area (Å²) < 4.78 is 0. The molecule has 19 heavy (non-hydrogen) atoms. The molecule has 0 aromatic heterocycles. The SMILES string of the molecule is CC(C)C(NC(=O)N(C)C1CCCCCC1)C(=O)O. The monoisotopic (exact) mass is 270 g/mol. The van der Waals surface area contributed by atoms with Gasteiger partial charge in [0, 0.05) is 13.1 Å². The van der Waals surface area contributed by atoms with Gasteiger partial charge in [0.2, 0.25) is 0 Å². The zero-order valence-corrected chi connectivity index (χ0v) is 12.2. The third-order valence-electron chi connectivity index (χ3n) is 3.90. The van der Waals surface area contributed by atoms with Gasteiger partial charge in [-0.05, 0) is 18.8 Å². The Morgan fingerprint density at radius 3 is 2.11 bits per heavy atom. The van der Waals surface area contributed by atoms with E-state index in [1.54, 1.807) is 25.8 Å². The zero-order chi connectivity index (χ0) is 14.4. The Kier molecular flexibility index (Phi) is 6.12. The molecule has 1 rings (SSSR count). The zero-order valence-electron chi connectivity index (χ0n) is 12.2. The average molecular weight is 270 g/mol. The van der Waals surface area contributed by atoms with E-state index in [0.717, 1.165) is 25.7 Å². The number of urea groups is 1. The maximum absolute atomic E-state index is 12.1. The van der Waals surface area contributed by atoms with Crippen LogP contribution in [0.3, 0.4) is 0 Å². The molecule has 2 amide bonds. The number of carbonyl (C=O) groups excluding carboxylic acids is 1. The molecule has 0 aromatic rings. The molecule has 0 aliphatic heterocycles. The van der Waals surface area contributed by atoms with Crippen LogP contribution in [0.4, 0.5) is 4.79 Å². The van der Waals surface area contributed by atoms with Crippen molar-refractivity contribution >= 4 is 12.0 Å². The van der Waals surface area contributed by atoms with Gasteiger partial charge in [-0.1, -0.05) is 39.5 Å². The molecule has 2 N–H and O–H groups in total. The Balaban J connectivity index is 2.57. The molecule has 1 saturated carbocycles. The number of hydrogen-bond donors (Lipinski definition) is 2. The summed E-state index contributed by atoms with van der Waals surface area (Å²) in [6, 6.07) is -0.849. The first kappa shape index (κ1) is 15.8. The first-order valence-electron chi connectivity index (χ1n) is 7.19. The number of carboxylic acids is 1. The van der Waals surface area contributed by atoms with Crippen molar-refractivity contribution in [3.05, 3.63) is 0 Å². The molecule has 0 radical (unpaired) electrons. The highest BCUT2D eigenvalue weighted by atomic mass is 16.4. The van der Waals surface area contributed by atoms with Crippen molar-refractivity contribution in [1.29, 1.82) is 0 Å². The molecule has 110 valence electrons. The van der Waals surface area contributed by atoms with Crippen LogP contribution in [-0.2, 0) is 4.79 Å². The van der Waals surface area contributed by atoms with E-state index >= 15 is 0 Å². The van der Waals surface area contributed by atoms with Crippen LogP contribution in [-0.4, -0.2) is 41.1 Å². The molecule has 0 saturated heterocycles. The fraction of sp³-hybridized carbons (Fsp3) is 0.857. The molecule has 0 heterocycles. The minimum Gasteiger partial charge on any atom is -0.480 e. The van der Waals surface area contributed by atoms with Crippen LogP contribution in [0.1, 0.15) is 52.4 Å². The second kappa shape index (κ2) is 7.36. The molecule has 5 heteroatoms. The maximum atomic E-state index is 12.1. The van der Waals surface area contributed by atoms with Gasteiger partial charge in [0.1, 0.15) is 6.04 Å². The summed E-state index contributed by atoms with van der Waals surface area (Å²) in [5.41, 5.74) is 0. The van der Waals surface area contributed by atoms with Crippen LogP contribution >= 0.6 is 0 Å². The quantitative estimate of drug-likeness (QED) is 0.771. The Morgan fingerprint density at radius 2 is 1.68 bits per heavy atom. The van der Waals surface area contributed by atoms with Crippen molar-refractivity contribution in [3.8, 4) is 0 Å². The largest absolute Gasteiger partial charge is 0.480 e. The van der Waals surface area contributed by atoms with Crippen molar-refractivity contribution < 1.29 is 14.7 Å². The Labute approximate surface area is 115 Å². The maximum Gasteiger partial charge on any atom is 0.326 e. The van der Waals surface area contributed by atoms with Crippen LogP contribution in [0.5, 0.6) is 0 Å². The second-order valence-electron chi connectivity index (χ2n) is 5.77. The number of nitrogens with zero attached hydrogens (tertiary/aromatic N) is 1. The molecule has 1 aliphatic carbocycles. The predicted molar refractivity (Wildman–Crippen MR) is 74.0 cm³/mol. The van der Waals surface area contributed by atoms with Gasteiger partial charge in [-0.3, -0.25) is 0 Å². The van der Waals surface area contributed by atoms with Crippen LogP contribution in [0.15, 0.2) is 0 Å². The summed E-state index contributed by atoms with van der Waals surface area (Å²) >= 11 is 0. The summed E-state index contributed by atoms with van der Waals surface area (Å²) in [5.74, 6) is -1.10. The smallest absolute Gasteiger partial charge is 0.326 e. The van der Waals surface area contributed by atoms with Crippen molar-refractivity contribution in [2.45, 2.75) is 64.5 Å². The topological polar surface area (TPSA) is 69.6 Å². The number of hydrogen-bond acceptors (Lipinski definition) is 2. The fourth-order valence-corrected chi connectivity index (χ4v) is 2.56. The average Bonchev–Trinajstić information content (AvgIpc) is 2.62. The molecule has 1 atom stereocenters. The van der Waals surface area contributed by atoms with Gasteiger partial charge in [-0.2, -0.15) is 0 Å². The molecule has 1 fully saturated rings. The highest BCUT2D eigenvalue weighted by molar-refractivity contribution is 5.82. The van der Waals surface area contributed by atoms with Gasteiger partial charge in [-0.15, -0.1) is 0 Å². The highest BCUT2D eigenvalue weighted by Gasteiger charge is 2.27. The van der Waals surface area contributed by atoms with Gasteiger partial charge < -0.3 is 15.3 Å². The first-order chi connectivity index (χ1) is 8.93. The molecular formula is C14H26N2O3. The Hall–Kier alpha value is -1.26. The Bertz CT molecular complexity index is 310. The Morgan fingerprint density at radius 1 is 1.16 bits per heavy atom. The lowest BCUT2D eigenvalue weighted by molar-refractivity contribution is -0.140. The van der Waals surface area contributed by atoms with Gasteiger partial charge >= 0.3 is 12.0 Å². The van der Waals surface area contributed by atoms with Gasteiger partial charge in [0.15, 0.2) is 0 Å². The van der Waals surface area contributed by atoms with Gasteiger partial charge in [0.05, 0.1) is 0 Å². The van der Waals surface area contributed by atoms with Crippen LogP contribution in [0.25, 0.3) is 0 Å². The normalized spacial score (nSPS) is 18.7. The third kappa shape index (κ3) is 4.73. The van der Waals surface area contributed by atoms with Gasteiger partial charge in [0.25, 0.3) is 0 Å². The van der Waals surface area contributed by atoms with E-state index in [1.165, 1.54) is 12.8 Å². The molecule has 0 bridgehead atoms. The second-order valence-corrected chi connectivity index (χ2v) is 5.77. The highest BCUT2D eigenvalue weighted by Crippen LogP contribution is 2.21. The van der Waals surface area contributed by atoms with Gasteiger partial charge in [-0.25, -0.2) is 9.59 Å². The van der Waals surface area contributed by atoms with Crippen molar-refractivity contribution in [2.75, 3.05) is 7.05 Å². The standard InChI is InChI=1S/C14H26N2O3/c1-10(2)12(13(17)18)15-14(19)16(3)11-8-6-4-5-7-9-11/h10-12H,4-9H2,1-3H3,(H,15,19)(H,17,18). The van der Waals surface area contributed by atoms with Crippen molar-refractivity contribution in [1.82, 2.24) is 10.2 Å². The van der Waals surface area contributed by atoms with E-state index in [1.807, 2.05) is 0 Å². The molecule has 0 aromatic carbocycles. The van der Waals surface area contributed by atoms with Crippen molar-refractivity contribution in [2.24, 2.45) is 5.92 Å². The van der Waals surface area contributed by atoms with E-state index in [9.17, 15) is 9.59 Å². The number of aliphatic carboxylic acids is 1. The van der Waals surface area contributed by atoms with Crippen LogP contribution in [0.2, 0.25) is 0 Å². The minimum absolute atomic E-state index is 0.121. The fourth-order valence-electron chi connectivity index (χ4n) is 2.56. The lowest BCUT2D eigenvalue weighted by atomic mass is 10.0. The lowest BCUT2D eigenvalue weighted by Crippen LogP contribution is -2.51. The van der Waals surface area contributed by atoms with E-state index in [2.05, 4.69) is 5.32 Å². The molecular weight excluding hydrogens is 244 g/mol. The summed E-state index contributed by atoms with van der Waals surface area (Å²) in [4.78, 5) is 24.9. The predicted octanol–water partition coefficient (Wildman–Crippen LogP) is 2.46. The number of nitrogens with one attached hydrogen (secondary N) is 1. The number of carbonyl (C=O) groups is 2. The molecule has 1 unspecified atom stereocenters. The molecule has 1 aliphatic rings. The van der Waals surface area contributed by atoms with Crippen LogP contribution in [0, 0.1) is 5.92 Å². The minimum atomic E-state index is -0.974. The van der Waals surface area contributed by atoms with Crippen LogP contribution < -0.4 is 5.32 Å². The summed E-state index contributed by atoms with van der Waals surface area (Å²) in [5, 5.41) is 11.7. The molecule has 0 spiro atoms. The summed E-state index contributed by atoms with van der Waals surface area (Å²) in [7, 11) is 1.77. The van der Waals surface area contributed by atoms with E-state index in [0.29, 0.717) is 0 Å². The summed E-state index contributed by atoms with van der Waals surface area (Å²) in [6.45, 7) is 3.59. The lowest BCUT2D eigenvalue weighted by Gasteiger charge is -2.29.